The standard InChI is InChI=1S/C22H27N5O2S/c1-5-26-8-10-27(11-9-26)20-18-15(3)19(30-22(18)24-13-23-20)21(28)25-16-12-14(2)6-7-17(16)29-4/h6-7,12-13H,5,8-11H2,1-4H3,(H,25,28). The lowest BCUT2D eigenvalue weighted by atomic mass is 10.1. The molecule has 0 radical (unpaired) electrons. The average molecular weight is 426 g/mol. The zero-order valence-electron chi connectivity index (χ0n) is 17.9. The van der Waals surface area contributed by atoms with Crippen LogP contribution in [0.5, 0.6) is 5.75 Å². The molecule has 1 N–H and O–H groups in total. The Labute approximate surface area is 180 Å². The molecule has 1 aliphatic rings. The zero-order valence-corrected chi connectivity index (χ0v) is 18.7. The first-order chi connectivity index (χ1) is 14.5. The van der Waals surface area contributed by atoms with E-state index < -0.39 is 0 Å². The largest absolute Gasteiger partial charge is 0.495 e. The average Bonchev–Trinajstić information content (AvgIpc) is 3.11. The predicted octanol–water partition coefficient (Wildman–Crippen LogP) is 3.71. The summed E-state index contributed by atoms with van der Waals surface area (Å²) in [5.41, 5.74) is 2.65. The molecule has 158 valence electrons. The second-order valence-electron chi connectivity index (χ2n) is 7.51. The zero-order chi connectivity index (χ0) is 21.3. The Morgan fingerprint density at radius 3 is 2.67 bits per heavy atom. The van der Waals surface area contributed by atoms with Gasteiger partial charge in [0.15, 0.2) is 0 Å². The van der Waals surface area contributed by atoms with Crippen LogP contribution in [0.3, 0.4) is 0 Å². The SMILES string of the molecule is CCN1CCN(c2ncnc3sc(C(=O)Nc4cc(C)ccc4OC)c(C)c23)CC1. The quantitative estimate of drug-likeness (QED) is 0.672. The van der Waals surface area contributed by atoms with Gasteiger partial charge in [0.2, 0.25) is 0 Å². The molecule has 0 aliphatic carbocycles. The van der Waals surface area contributed by atoms with E-state index in [9.17, 15) is 4.79 Å². The Kier molecular flexibility index (Phi) is 5.87. The van der Waals surface area contributed by atoms with E-state index in [0.717, 1.165) is 59.9 Å². The number of aryl methyl sites for hydroxylation is 2. The second kappa shape index (κ2) is 8.57. The van der Waals surface area contributed by atoms with Crippen molar-refractivity contribution in [3.8, 4) is 5.75 Å². The highest BCUT2D eigenvalue weighted by molar-refractivity contribution is 7.20. The van der Waals surface area contributed by atoms with Gasteiger partial charge in [0, 0.05) is 26.2 Å². The number of likely N-dealkylation sites (N-methyl/N-ethyl adjacent to an activating group) is 1. The van der Waals surface area contributed by atoms with Crippen molar-refractivity contribution in [1.82, 2.24) is 14.9 Å². The van der Waals surface area contributed by atoms with E-state index in [0.29, 0.717) is 16.3 Å². The number of hydrogen-bond donors (Lipinski definition) is 1. The summed E-state index contributed by atoms with van der Waals surface area (Å²) in [6.07, 6.45) is 1.60. The number of rotatable bonds is 5. The molecule has 0 spiro atoms. The van der Waals surface area contributed by atoms with E-state index in [1.807, 2.05) is 32.0 Å². The molecular weight excluding hydrogens is 398 g/mol. The highest BCUT2D eigenvalue weighted by Crippen LogP contribution is 2.36. The first-order valence-corrected chi connectivity index (χ1v) is 11.0. The van der Waals surface area contributed by atoms with Crippen LogP contribution in [-0.2, 0) is 0 Å². The summed E-state index contributed by atoms with van der Waals surface area (Å²) in [6, 6.07) is 5.74. The van der Waals surface area contributed by atoms with Crippen molar-refractivity contribution in [1.29, 1.82) is 0 Å². The van der Waals surface area contributed by atoms with Gasteiger partial charge in [-0.2, -0.15) is 0 Å². The third kappa shape index (κ3) is 3.85. The van der Waals surface area contributed by atoms with Gasteiger partial charge in [-0.15, -0.1) is 11.3 Å². The number of thiophene rings is 1. The van der Waals surface area contributed by atoms with Gasteiger partial charge in [-0.25, -0.2) is 9.97 Å². The van der Waals surface area contributed by atoms with Gasteiger partial charge in [-0.05, 0) is 43.7 Å². The number of piperazine rings is 1. The van der Waals surface area contributed by atoms with E-state index in [2.05, 4.69) is 32.0 Å². The van der Waals surface area contributed by atoms with E-state index in [-0.39, 0.29) is 5.91 Å². The molecule has 0 bridgehead atoms. The predicted molar refractivity (Wildman–Crippen MR) is 122 cm³/mol. The van der Waals surface area contributed by atoms with Crippen LogP contribution in [0.1, 0.15) is 27.7 Å². The minimum atomic E-state index is -0.152. The van der Waals surface area contributed by atoms with Crippen LogP contribution in [0.25, 0.3) is 10.2 Å². The Morgan fingerprint density at radius 2 is 1.97 bits per heavy atom. The molecule has 1 saturated heterocycles. The van der Waals surface area contributed by atoms with Crippen LogP contribution in [-0.4, -0.2) is 60.6 Å². The maximum absolute atomic E-state index is 13.1. The van der Waals surface area contributed by atoms with Crippen LogP contribution in [0.4, 0.5) is 11.5 Å². The summed E-state index contributed by atoms with van der Waals surface area (Å²) in [5, 5.41) is 3.99. The fourth-order valence-corrected chi connectivity index (χ4v) is 4.92. The molecule has 1 aromatic carbocycles. The maximum atomic E-state index is 13.1. The van der Waals surface area contributed by atoms with Crippen LogP contribution in [0.2, 0.25) is 0 Å². The van der Waals surface area contributed by atoms with Crippen LogP contribution < -0.4 is 15.0 Å². The number of carbonyl (C=O) groups excluding carboxylic acids is 1. The summed E-state index contributed by atoms with van der Waals surface area (Å²) < 4.78 is 5.40. The summed E-state index contributed by atoms with van der Waals surface area (Å²) in [4.78, 5) is 28.4. The van der Waals surface area contributed by atoms with E-state index in [4.69, 9.17) is 4.74 Å². The lowest BCUT2D eigenvalue weighted by Gasteiger charge is -2.35. The van der Waals surface area contributed by atoms with Crippen LogP contribution in [0.15, 0.2) is 24.5 Å². The van der Waals surface area contributed by atoms with Gasteiger partial charge >= 0.3 is 0 Å². The van der Waals surface area contributed by atoms with Crippen molar-refractivity contribution >= 4 is 39.0 Å². The van der Waals surface area contributed by atoms with Crippen molar-refractivity contribution in [3.05, 3.63) is 40.5 Å². The van der Waals surface area contributed by atoms with Gasteiger partial charge < -0.3 is 19.9 Å². The molecule has 2 aromatic heterocycles. The minimum Gasteiger partial charge on any atom is -0.495 e. The Balaban J connectivity index is 1.66. The number of fused-ring (bicyclic) bond motifs is 1. The number of nitrogens with one attached hydrogen (secondary N) is 1. The molecule has 0 unspecified atom stereocenters. The molecule has 30 heavy (non-hydrogen) atoms. The van der Waals surface area contributed by atoms with E-state index in [1.54, 1.807) is 13.4 Å². The Bertz CT molecular complexity index is 1070. The van der Waals surface area contributed by atoms with Crippen LogP contribution in [0, 0.1) is 13.8 Å². The highest BCUT2D eigenvalue weighted by atomic mass is 32.1. The molecule has 0 saturated carbocycles. The number of benzene rings is 1. The van der Waals surface area contributed by atoms with Crippen molar-refractivity contribution in [2.45, 2.75) is 20.8 Å². The number of anilines is 2. The van der Waals surface area contributed by atoms with Gasteiger partial charge in [0.25, 0.3) is 5.91 Å². The monoisotopic (exact) mass is 425 g/mol. The smallest absolute Gasteiger partial charge is 0.266 e. The molecule has 4 rings (SSSR count). The molecule has 3 aromatic rings. The highest BCUT2D eigenvalue weighted by Gasteiger charge is 2.24. The first kappa shape index (κ1) is 20.6. The topological polar surface area (TPSA) is 70.6 Å². The summed E-state index contributed by atoms with van der Waals surface area (Å²) in [7, 11) is 1.60. The lowest BCUT2D eigenvalue weighted by molar-refractivity contribution is 0.102. The molecule has 0 atom stereocenters. The second-order valence-corrected chi connectivity index (χ2v) is 8.51. The Hall–Kier alpha value is -2.71. The third-order valence-corrected chi connectivity index (χ3v) is 6.83. The third-order valence-electron chi connectivity index (χ3n) is 5.64. The molecular formula is C22H27N5O2S. The van der Waals surface area contributed by atoms with Gasteiger partial charge in [0.1, 0.15) is 22.7 Å². The van der Waals surface area contributed by atoms with Crippen LogP contribution >= 0.6 is 11.3 Å². The molecule has 1 fully saturated rings. The van der Waals surface area contributed by atoms with Gasteiger partial charge in [-0.1, -0.05) is 13.0 Å². The molecule has 3 heterocycles. The van der Waals surface area contributed by atoms with Crippen molar-refractivity contribution in [3.63, 3.8) is 0 Å². The number of amides is 1. The fraction of sp³-hybridized carbons (Fsp3) is 0.409. The number of nitrogens with zero attached hydrogens (tertiary/aromatic N) is 4. The summed E-state index contributed by atoms with van der Waals surface area (Å²) >= 11 is 1.41. The molecule has 7 nitrogen and oxygen atoms in total. The number of aromatic nitrogens is 2. The first-order valence-electron chi connectivity index (χ1n) is 10.2. The number of methoxy groups -OCH3 is 1. The van der Waals surface area contributed by atoms with Gasteiger partial charge in [-0.3, -0.25) is 4.79 Å². The molecule has 1 amide bonds. The fourth-order valence-electron chi connectivity index (χ4n) is 3.88. The minimum absolute atomic E-state index is 0.152. The number of carbonyl (C=O) groups is 1. The Morgan fingerprint density at radius 1 is 1.20 bits per heavy atom. The molecule has 1 aliphatic heterocycles. The molecule has 8 heteroatoms. The summed E-state index contributed by atoms with van der Waals surface area (Å²) in [6.45, 7) is 11.1. The normalized spacial score (nSPS) is 14.9. The van der Waals surface area contributed by atoms with Gasteiger partial charge in [0.05, 0.1) is 23.1 Å². The van der Waals surface area contributed by atoms with E-state index >= 15 is 0 Å². The number of ether oxygens (including phenoxy) is 1. The van der Waals surface area contributed by atoms with Crippen molar-refractivity contribution in [2.75, 3.05) is 50.1 Å². The van der Waals surface area contributed by atoms with Crippen molar-refractivity contribution in [2.24, 2.45) is 0 Å². The summed E-state index contributed by atoms with van der Waals surface area (Å²) in [5.74, 6) is 1.42. The number of hydrogen-bond acceptors (Lipinski definition) is 7. The van der Waals surface area contributed by atoms with E-state index in [1.165, 1.54) is 11.3 Å². The lowest BCUT2D eigenvalue weighted by Crippen LogP contribution is -2.46. The maximum Gasteiger partial charge on any atom is 0.266 e. The van der Waals surface area contributed by atoms with Crippen molar-refractivity contribution < 1.29 is 9.53 Å².